The van der Waals surface area contributed by atoms with E-state index in [1.807, 2.05) is 18.2 Å². The molecule has 0 bridgehead atoms. The second-order valence-corrected chi connectivity index (χ2v) is 9.52. The first-order valence-electron chi connectivity index (χ1n) is 10.2. The zero-order valence-corrected chi connectivity index (χ0v) is 18.1. The van der Waals surface area contributed by atoms with Crippen molar-refractivity contribution in [2.75, 3.05) is 25.0 Å². The van der Waals surface area contributed by atoms with E-state index in [1.54, 1.807) is 12.1 Å². The van der Waals surface area contributed by atoms with Gasteiger partial charge in [-0.15, -0.1) is 0 Å². The van der Waals surface area contributed by atoms with E-state index in [9.17, 15) is 23.1 Å². The summed E-state index contributed by atoms with van der Waals surface area (Å²) in [5.41, 5.74) is 1.22. The molecular weight excluding hydrogens is 418 g/mol. The number of aliphatic hydroxyl groups is 1. The van der Waals surface area contributed by atoms with Crippen LogP contribution in [0.3, 0.4) is 0 Å². The molecule has 166 valence electrons. The molecule has 2 aromatic carbocycles. The molecule has 31 heavy (non-hydrogen) atoms. The normalized spacial score (nSPS) is 18.2. The van der Waals surface area contributed by atoms with E-state index in [4.69, 9.17) is 0 Å². The maximum absolute atomic E-state index is 13.0. The van der Waals surface area contributed by atoms with Crippen molar-refractivity contribution in [3.05, 3.63) is 60.2 Å². The molecule has 0 saturated carbocycles. The van der Waals surface area contributed by atoms with E-state index in [1.165, 1.54) is 35.5 Å². The Morgan fingerprint density at radius 1 is 1.13 bits per heavy atom. The number of hydrogen-bond donors (Lipinski definition) is 3. The van der Waals surface area contributed by atoms with Gasteiger partial charge in [0.2, 0.25) is 21.8 Å². The Balaban J connectivity index is 1.61. The van der Waals surface area contributed by atoms with Crippen molar-refractivity contribution in [2.45, 2.75) is 30.8 Å². The lowest BCUT2D eigenvalue weighted by atomic mass is 9.98. The monoisotopic (exact) mass is 445 g/mol. The number of anilines is 1. The van der Waals surface area contributed by atoms with Crippen LogP contribution in [-0.4, -0.2) is 49.3 Å². The number of piperidine rings is 1. The second-order valence-electron chi connectivity index (χ2n) is 7.58. The molecule has 2 amide bonds. The van der Waals surface area contributed by atoms with Gasteiger partial charge in [0.25, 0.3) is 0 Å². The molecule has 0 spiro atoms. The quantitative estimate of drug-likeness (QED) is 0.602. The zero-order chi connectivity index (χ0) is 22.4. The average Bonchev–Trinajstić information content (AvgIpc) is 2.78. The van der Waals surface area contributed by atoms with Crippen molar-refractivity contribution < 1.29 is 23.1 Å². The van der Waals surface area contributed by atoms with Gasteiger partial charge in [-0.2, -0.15) is 4.31 Å². The Bertz CT molecular complexity index is 1010. The van der Waals surface area contributed by atoms with Crippen LogP contribution < -0.4 is 10.6 Å². The van der Waals surface area contributed by atoms with E-state index in [0.717, 1.165) is 0 Å². The van der Waals surface area contributed by atoms with Crippen LogP contribution in [0.1, 0.15) is 31.4 Å². The summed E-state index contributed by atoms with van der Waals surface area (Å²) in [6.07, 6.45) is 0.333. The predicted molar refractivity (Wildman–Crippen MR) is 117 cm³/mol. The molecule has 1 heterocycles. The van der Waals surface area contributed by atoms with E-state index in [-0.39, 0.29) is 29.8 Å². The predicted octanol–water partition coefficient (Wildman–Crippen LogP) is 1.90. The maximum atomic E-state index is 13.0. The summed E-state index contributed by atoms with van der Waals surface area (Å²) < 4.78 is 27.3. The maximum Gasteiger partial charge on any atom is 0.243 e. The number of amides is 2. The number of benzene rings is 2. The van der Waals surface area contributed by atoms with Gasteiger partial charge >= 0.3 is 0 Å². The molecule has 1 saturated heterocycles. The third-order valence-electron chi connectivity index (χ3n) is 5.22. The largest absolute Gasteiger partial charge is 0.387 e. The minimum atomic E-state index is -3.76. The van der Waals surface area contributed by atoms with Crippen LogP contribution in [0.2, 0.25) is 0 Å². The molecule has 2 atom stereocenters. The summed E-state index contributed by atoms with van der Waals surface area (Å²) in [7, 11) is -3.76. The minimum absolute atomic E-state index is 0.0662. The van der Waals surface area contributed by atoms with Crippen molar-refractivity contribution in [3.63, 3.8) is 0 Å². The Hall–Kier alpha value is -2.75. The van der Waals surface area contributed by atoms with Crippen LogP contribution in [0.15, 0.2) is 59.5 Å². The first-order chi connectivity index (χ1) is 14.8. The average molecular weight is 446 g/mol. The SMILES string of the molecule is CC(=O)Nc1ccc(S(=O)(=O)N2CCC[C@H](C(=O)NC[C@H](O)c3ccccc3)C2)cc1. The number of nitrogens with one attached hydrogen (secondary N) is 2. The number of rotatable bonds is 7. The fourth-order valence-corrected chi connectivity index (χ4v) is 5.10. The van der Waals surface area contributed by atoms with Crippen molar-refractivity contribution in [1.82, 2.24) is 9.62 Å². The highest BCUT2D eigenvalue weighted by Gasteiger charge is 2.33. The second kappa shape index (κ2) is 10.0. The van der Waals surface area contributed by atoms with Crippen LogP contribution in [0.4, 0.5) is 5.69 Å². The standard InChI is InChI=1S/C22H27N3O5S/c1-16(26)24-19-9-11-20(12-10-19)31(29,30)25-13-5-8-18(15-25)22(28)23-14-21(27)17-6-3-2-4-7-17/h2-4,6-7,9-12,18,21,27H,5,8,13-15H2,1H3,(H,23,28)(H,24,26)/t18-,21-/m0/s1. The van der Waals surface area contributed by atoms with Crippen LogP contribution in [0.5, 0.6) is 0 Å². The molecule has 2 aromatic rings. The molecule has 1 aliphatic heterocycles. The third kappa shape index (κ3) is 5.90. The van der Waals surface area contributed by atoms with Crippen molar-refractivity contribution >= 4 is 27.5 Å². The van der Waals surface area contributed by atoms with Crippen molar-refractivity contribution in [3.8, 4) is 0 Å². The highest BCUT2D eigenvalue weighted by Crippen LogP contribution is 2.25. The van der Waals surface area contributed by atoms with Gasteiger partial charge in [-0.1, -0.05) is 30.3 Å². The smallest absolute Gasteiger partial charge is 0.243 e. The van der Waals surface area contributed by atoms with Gasteiger partial charge in [-0.05, 0) is 42.7 Å². The summed E-state index contributed by atoms with van der Waals surface area (Å²) >= 11 is 0. The van der Waals surface area contributed by atoms with Crippen LogP contribution in [0.25, 0.3) is 0 Å². The molecule has 8 nitrogen and oxygen atoms in total. The Morgan fingerprint density at radius 2 is 1.81 bits per heavy atom. The zero-order valence-electron chi connectivity index (χ0n) is 17.3. The van der Waals surface area contributed by atoms with Gasteiger partial charge < -0.3 is 15.7 Å². The van der Waals surface area contributed by atoms with E-state index >= 15 is 0 Å². The van der Waals surface area contributed by atoms with Gasteiger partial charge in [0.15, 0.2) is 0 Å². The van der Waals surface area contributed by atoms with E-state index in [2.05, 4.69) is 10.6 Å². The molecule has 3 N–H and O–H groups in total. The van der Waals surface area contributed by atoms with Gasteiger partial charge in [0.1, 0.15) is 0 Å². The summed E-state index contributed by atoms with van der Waals surface area (Å²) in [4.78, 5) is 23.8. The lowest BCUT2D eigenvalue weighted by molar-refractivity contribution is -0.126. The number of aliphatic hydroxyl groups excluding tert-OH is 1. The van der Waals surface area contributed by atoms with Crippen LogP contribution in [-0.2, 0) is 19.6 Å². The molecular formula is C22H27N3O5S. The third-order valence-corrected chi connectivity index (χ3v) is 7.10. The fraction of sp³-hybridized carbons (Fsp3) is 0.364. The fourth-order valence-electron chi connectivity index (χ4n) is 3.57. The highest BCUT2D eigenvalue weighted by molar-refractivity contribution is 7.89. The summed E-state index contributed by atoms with van der Waals surface area (Å²) in [6, 6.07) is 15.0. The highest BCUT2D eigenvalue weighted by atomic mass is 32.2. The number of carbonyl (C=O) groups is 2. The molecule has 0 unspecified atom stereocenters. The molecule has 9 heteroatoms. The Kier molecular flexibility index (Phi) is 7.42. The Morgan fingerprint density at radius 3 is 2.45 bits per heavy atom. The Labute approximate surface area is 182 Å². The minimum Gasteiger partial charge on any atom is -0.387 e. The number of carbonyl (C=O) groups excluding carboxylic acids is 2. The van der Waals surface area contributed by atoms with E-state index < -0.39 is 22.0 Å². The van der Waals surface area contributed by atoms with E-state index in [0.29, 0.717) is 30.6 Å². The molecule has 0 aromatic heterocycles. The number of nitrogens with zero attached hydrogens (tertiary/aromatic N) is 1. The van der Waals surface area contributed by atoms with Gasteiger partial charge in [-0.25, -0.2) is 8.42 Å². The van der Waals surface area contributed by atoms with Crippen molar-refractivity contribution in [2.24, 2.45) is 5.92 Å². The summed E-state index contributed by atoms with van der Waals surface area (Å²) in [6.45, 7) is 1.87. The van der Waals surface area contributed by atoms with Crippen molar-refractivity contribution in [1.29, 1.82) is 0 Å². The van der Waals surface area contributed by atoms with Crippen LogP contribution in [0, 0.1) is 5.92 Å². The lowest BCUT2D eigenvalue weighted by Gasteiger charge is -2.31. The lowest BCUT2D eigenvalue weighted by Crippen LogP contribution is -2.46. The van der Waals surface area contributed by atoms with Gasteiger partial charge in [0, 0.05) is 32.2 Å². The first-order valence-corrected chi connectivity index (χ1v) is 11.6. The van der Waals surface area contributed by atoms with Crippen LogP contribution >= 0.6 is 0 Å². The molecule has 1 aliphatic rings. The molecule has 0 radical (unpaired) electrons. The topological polar surface area (TPSA) is 116 Å². The number of hydrogen-bond acceptors (Lipinski definition) is 5. The van der Waals surface area contributed by atoms with Gasteiger partial charge in [-0.3, -0.25) is 9.59 Å². The first kappa shape index (κ1) is 22.9. The molecule has 3 rings (SSSR count). The summed E-state index contributed by atoms with van der Waals surface area (Å²) in [5, 5.41) is 15.6. The van der Waals surface area contributed by atoms with Gasteiger partial charge in [0.05, 0.1) is 16.9 Å². The molecule has 0 aliphatic carbocycles. The molecule has 1 fully saturated rings. The number of sulfonamides is 1. The summed E-state index contributed by atoms with van der Waals surface area (Å²) in [5.74, 6) is -0.987.